The molecule has 0 unspecified atom stereocenters. The van der Waals surface area contributed by atoms with Crippen molar-refractivity contribution in [2.24, 2.45) is 0 Å². The zero-order valence-electron chi connectivity index (χ0n) is 19.0. The highest BCUT2D eigenvalue weighted by Gasteiger charge is 2.33. The van der Waals surface area contributed by atoms with Gasteiger partial charge in [0.05, 0.1) is 11.9 Å². The van der Waals surface area contributed by atoms with Crippen molar-refractivity contribution in [1.82, 2.24) is 14.4 Å². The van der Waals surface area contributed by atoms with Crippen LogP contribution in [0.3, 0.4) is 0 Å². The lowest BCUT2D eigenvalue weighted by molar-refractivity contribution is -0.144. The molecule has 1 atom stereocenters. The van der Waals surface area contributed by atoms with Crippen LogP contribution < -0.4 is 9.47 Å². The highest BCUT2D eigenvalue weighted by atomic mass is 19.1. The van der Waals surface area contributed by atoms with Gasteiger partial charge in [-0.15, -0.1) is 0 Å². The molecule has 3 heterocycles. The van der Waals surface area contributed by atoms with E-state index in [4.69, 9.17) is 14.6 Å². The predicted molar refractivity (Wildman–Crippen MR) is 124 cm³/mol. The van der Waals surface area contributed by atoms with E-state index >= 15 is 0 Å². The molecule has 0 saturated carbocycles. The SMILES string of the molecule is O=C(O)CCn1cc([C@@H](C(=O)O)N2CCN(Cc3ccc4c(c3)OCO4)CC2)c2ccc(F)cc21. The standard InChI is InChI=1S/C25H26FN3O6/c26-17-2-3-18-19(14-29(20(18)12-17)6-5-23(30)31)24(25(32)33)28-9-7-27(8-10-28)13-16-1-4-21-22(11-16)35-15-34-21/h1-4,11-12,14,24H,5-10,13,15H2,(H,30,31)(H,32,33)/t24-/m0/s1. The number of halogens is 1. The second-order valence-electron chi connectivity index (χ2n) is 8.82. The van der Waals surface area contributed by atoms with E-state index in [-0.39, 0.29) is 19.8 Å². The van der Waals surface area contributed by atoms with Crippen molar-refractivity contribution in [1.29, 1.82) is 0 Å². The van der Waals surface area contributed by atoms with Crippen LogP contribution in [-0.2, 0) is 22.7 Å². The average molecular weight is 483 g/mol. The second kappa shape index (κ2) is 9.55. The van der Waals surface area contributed by atoms with Crippen LogP contribution in [-0.4, -0.2) is 69.5 Å². The van der Waals surface area contributed by atoms with E-state index in [1.54, 1.807) is 16.8 Å². The third-order valence-corrected chi connectivity index (χ3v) is 6.59. The number of piperazine rings is 1. The summed E-state index contributed by atoms with van der Waals surface area (Å²) in [5.74, 6) is -0.940. The molecule has 1 saturated heterocycles. The van der Waals surface area contributed by atoms with Crippen LogP contribution in [0.4, 0.5) is 4.39 Å². The van der Waals surface area contributed by atoms with Crippen LogP contribution in [0.15, 0.2) is 42.6 Å². The van der Waals surface area contributed by atoms with Crippen LogP contribution in [0.5, 0.6) is 11.5 Å². The van der Waals surface area contributed by atoms with Crippen molar-refractivity contribution < 1.29 is 33.7 Å². The highest BCUT2D eigenvalue weighted by Crippen LogP contribution is 2.34. The molecule has 2 aliphatic heterocycles. The van der Waals surface area contributed by atoms with Crippen molar-refractivity contribution in [3.05, 3.63) is 59.5 Å². The molecular weight excluding hydrogens is 457 g/mol. The zero-order chi connectivity index (χ0) is 24.5. The number of aliphatic carboxylic acids is 2. The summed E-state index contributed by atoms with van der Waals surface area (Å²) in [6.07, 6.45) is 1.51. The molecule has 2 aromatic carbocycles. The molecule has 35 heavy (non-hydrogen) atoms. The normalized spacial score (nSPS) is 17.1. The predicted octanol–water partition coefficient (Wildman–Crippen LogP) is 2.93. The van der Waals surface area contributed by atoms with Gasteiger partial charge in [-0.1, -0.05) is 6.07 Å². The number of hydrogen-bond acceptors (Lipinski definition) is 6. The van der Waals surface area contributed by atoms with Gasteiger partial charge >= 0.3 is 11.9 Å². The van der Waals surface area contributed by atoms with Crippen molar-refractivity contribution in [3.63, 3.8) is 0 Å². The molecule has 10 heteroatoms. The van der Waals surface area contributed by atoms with Crippen LogP contribution in [0.2, 0.25) is 0 Å². The summed E-state index contributed by atoms with van der Waals surface area (Å²) in [4.78, 5) is 27.7. The Kier molecular flexibility index (Phi) is 6.31. The Balaban J connectivity index is 1.33. The van der Waals surface area contributed by atoms with E-state index < -0.39 is 23.8 Å². The molecule has 0 radical (unpaired) electrons. The number of carboxylic acids is 2. The minimum atomic E-state index is -0.990. The van der Waals surface area contributed by atoms with Gasteiger partial charge in [0, 0.05) is 56.4 Å². The van der Waals surface area contributed by atoms with Gasteiger partial charge < -0.3 is 24.3 Å². The summed E-state index contributed by atoms with van der Waals surface area (Å²) in [5, 5.41) is 19.8. The Morgan fingerprint density at radius 3 is 2.51 bits per heavy atom. The molecule has 2 N–H and O–H groups in total. The Morgan fingerprint density at radius 2 is 1.77 bits per heavy atom. The summed E-state index contributed by atoms with van der Waals surface area (Å²) < 4.78 is 26.4. The molecule has 9 nitrogen and oxygen atoms in total. The van der Waals surface area contributed by atoms with Gasteiger partial charge in [-0.2, -0.15) is 0 Å². The first-order chi connectivity index (χ1) is 16.9. The maximum absolute atomic E-state index is 14.0. The first-order valence-electron chi connectivity index (χ1n) is 11.5. The number of nitrogens with zero attached hydrogens (tertiary/aromatic N) is 3. The monoisotopic (exact) mass is 483 g/mol. The molecule has 184 valence electrons. The van der Waals surface area contributed by atoms with Crippen molar-refractivity contribution in [3.8, 4) is 11.5 Å². The quantitative estimate of drug-likeness (QED) is 0.504. The van der Waals surface area contributed by atoms with Crippen LogP contribution in [0, 0.1) is 5.82 Å². The number of ether oxygens (including phenoxy) is 2. The summed E-state index contributed by atoms with van der Waals surface area (Å²) in [6.45, 7) is 3.54. The van der Waals surface area contributed by atoms with Gasteiger partial charge in [-0.25, -0.2) is 4.39 Å². The van der Waals surface area contributed by atoms with Gasteiger partial charge in [0.2, 0.25) is 6.79 Å². The molecule has 1 fully saturated rings. The van der Waals surface area contributed by atoms with E-state index in [1.165, 1.54) is 12.1 Å². The lowest BCUT2D eigenvalue weighted by Gasteiger charge is -2.37. The summed E-state index contributed by atoms with van der Waals surface area (Å²) >= 11 is 0. The Hall–Kier alpha value is -3.63. The number of aryl methyl sites for hydroxylation is 1. The van der Waals surface area contributed by atoms with E-state index in [9.17, 15) is 19.1 Å². The number of carboxylic acid groups (broad SMARTS) is 2. The first kappa shape index (κ1) is 23.1. The largest absolute Gasteiger partial charge is 0.481 e. The third kappa shape index (κ3) is 4.80. The fourth-order valence-electron chi connectivity index (χ4n) is 4.88. The summed E-state index contributed by atoms with van der Waals surface area (Å²) in [5.41, 5.74) is 2.14. The maximum Gasteiger partial charge on any atom is 0.325 e. The van der Waals surface area contributed by atoms with Crippen LogP contribution >= 0.6 is 0 Å². The van der Waals surface area contributed by atoms with E-state index in [0.717, 1.165) is 23.6 Å². The average Bonchev–Trinajstić information content (AvgIpc) is 3.43. The van der Waals surface area contributed by atoms with Crippen LogP contribution in [0.1, 0.15) is 23.6 Å². The van der Waals surface area contributed by atoms with Gasteiger partial charge in [0.1, 0.15) is 11.9 Å². The third-order valence-electron chi connectivity index (χ3n) is 6.59. The molecule has 0 spiro atoms. The molecule has 0 amide bonds. The summed E-state index contributed by atoms with van der Waals surface area (Å²) in [7, 11) is 0. The van der Waals surface area contributed by atoms with Gasteiger partial charge in [-0.05, 0) is 35.9 Å². The van der Waals surface area contributed by atoms with Crippen LogP contribution in [0.25, 0.3) is 10.9 Å². The molecule has 0 bridgehead atoms. The second-order valence-corrected chi connectivity index (χ2v) is 8.82. The molecule has 0 aliphatic carbocycles. The van der Waals surface area contributed by atoms with Gasteiger partial charge in [0.15, 0.2) is 11.5 Å². The lowest BCUT2D eigenvalue weighted by atomic mass is 10.0. The molecule has 3 aromatic rings. The van der Waals surface area contributed by atoms with E-state index in [1.807, 2.05) is 23.1 Å². The number of fused-ring (bicyclic) bond motifs is 2. The number of aromatic nitrogens is 1. The minimum Gasteiger partial charge on any atom is -0.481 e. The molecule has 2 aliphatic rings. The van der Waals surface area contributed by atoms with E-state index in [0.29, 0.717) is 42.6 Å². The van der Waals surface area contributed by atoms with Crippen molar-refractivity contribution >= 4 is 22.8 Å². The first-order valence-corrected chi connectivity index (χ1v) is 11.5. The smallest absolute Gasteiger partial charge is 0.325 e. The number of hydrogen-bond donors (Lipinski definition) is 2. The van der Waals surface area contributed by atoms with E-state index in [2.05, 4.69) is 4.90 Å². The van der Waals surface area contributed by atoms with Gasteiger partial charge in [0.25, 0.3) is 0 Å². The summed E-state index contributed by atoms with van der Waals surface area (Å²) in [6, 6.07) is 9.16. The highest BCUT2D eigenvalue weighted by molar-refractivity contribution is 5.90. The topological polar surface area (TPSA) is 104 Å². The Labute approximate surface area is 200 Å². The molecule has 5 rings (SSSR count). The lowest BCUT2D eigenvalue weighted by Crippen LogP contribution is -2.48. The maximum atomic E-state index is 14.0. The fraction of sp³-hybridized carbons (Fsp3) is 0.360. The minimum absolute atomic E-state index is 0.130. The number of benzene rings is 2. The molecule has 1 aromatic heterocycles. The Morgan fingerprint density at radius 1 is 1.00 bits per heavy atom. The van der Waals surface area contributed by atoms with Crippen molar-refractivity contribution in [2.75, 3.05) is 33.0 Å². The van der Waals surface area contributed by atoms with Crippen molar-refractivity contribution in [2.45, 2.75) is 25.6 Å². The fourth-order valence-corrected chi connectivity index (χ4v) is 4.88. The number of rotatable bonds is 8. The molecular formula is C25H26FN3O6. The van der Waals surface area contributed by atoms with Gasteiger partial charge in [-0.3, -0.25) is 19.4 Å². The zero-order valence-corrected chi connectivity index (χ0v) is 19.0. The number of carbonyl (C=O) groups is 2. The Bertz CT molecular complexity index is 1270.